The summed E-state index contributed by atoms with van der Waals surface area (Å²) in [6, 6.07) is 3.39. The third kappa shape index (κ3) is 3.43. The van der Waals surface area contributed by atoms with Crippen LogP contribution in [0.25, 0.3) is 0 Å². The zero-order chi connectivity index (χ0) is 14.0. The van der Waals surface area contributed by atoms with Crippen molar-refractivity contribution < 1.29 is 12.8 Å². The maximum atomic E-state index is 13.3. The van der Waals surface area contributed by atoms with Crippen LogP contribution in [-0.4, -0.2) is 39.5 Å². The second kappa shape index (κ2) is 5.44. The fraction of sp³-hybridized carbons (Fsp3) is 0.500. The highest BCUT2D eigenvalue weighted by atomic mass is 32.2. The first kappa shape index (κ1) is 14.2. The Balaban J connectivity index is 2.15. The Morgan fingerprint density at radius 2 is 2.21 bits per heavy atom. The average molecular weight is 287 g/mol. The van der Waals surface area contributed by atoms with Crippen LogP contribution in [0.1, 0.15) is 12.8 Å². The Morgan fingerprint density at radius 3 is 2.84 bits per heavy atom. The monoisotopic (exact) mass is 287 g/mol. The summed E-state index contributed by atoms with van der Waals surface area (Å²) in [6.45, 7) is 1.63. The maximum absolute atomic E-state index is 13.3. The molecule has 2 rings (SSSR count). The largest absolute Gasteiger partial charge is 0.396 e. The molecule has 1 unspecified atom stereocenters. The van der Waals surface area contributed by atoms with Crippen molar-refractivity contribution in [3.05, 3.63) is 24.0 Å². The van der Waals surface area contributed by atoms with Crippen LogP contribution in [0, 0.1) is 5.82 Å². The summed E-state index contributed by atoms with van der Waals surface area (Å²) in [7, 11) is -1.75. The number of piperidine rings is 1. The molecule has 106 valence electrons. The van der Waals surface area contributed by atoms with Crippen molar-refractivity contribution in [3.63, 3.8) is 0 Å². The fourth-order valence-corrected chi connectivity index (χ4v) is 3.50. The number of hydrogen-bond acceptors (Lipinski definition) is 4. The van der Waals surface area contributed by atoms with E-state index in [2.05, 4.69) is 9.62 Å². The second-order valence-corrected chi connectivity index (χ2v) is 6.62. The van der Waals surface area contributed by atoms with E-state index in [1.807, 2.05) is 7.05 Å². The highest BCUT2D eigenvalue weighted by Crippen LogP contribution is 2.18. The lowest BCUT2D eigenvalue weighted by atomic mass is 10.1. The number of anilines is 1. The van der Waals surface area contributed by atoms with Crippen LogP contribution in [0.5, 0.6) is 0 Å². The highest BCUT2D eigenvalue weighted by Gasteiger charge is 2.24. The molecule has 3 N–H and O–H groups in total. The Morgan fingerprint density at radius 1 is 1.47 bits per heavy atom. The van der Waals surface area contributed by atoms with Crippen LogP contribution in [0.3, 0.4) is 0 Å². The number of nitrogens with one attached hydrogen (secondary N) is 1. The van der Waals surface area contributed by atoms with Crippen LogP contribution >= 0.6 is 0 Å². The molecule has 1 aliphatic heterocycles. The first-order chi connectivity index (χ1) is 8.88. The lowest BCUT2D eigenvalue weighted by Crippen LogP contribution is -2.46. The average Bonchev–Trinajstić information content (AvgIpc) is 2.32. The van der Waals surface area contributed by atoms with Gasteiger partial charge >= 0.3 is 0 Å². The molecule has 1 aromatic rings. The standard InChI is InChI=1S/C12H18FN3O2S/c1-16-6-2-3-9(8-16)15-19(17,18)10-4-5-12(14)11(13)7-10/h4-5,7,9,15H,2-3,6,8,14H2,1H3. The molecule has 0 saturated carbocycles. The van der Waals surface area contributed by atoms with E-state index in [1.165, 1.54) is 12.1 Å². The molecule has 1 atom stereocenters. The summed E-state index contributed by atoms with van der Waals surface area (Å²) in [4.78, 5) is 1.98. The molecule has 19 heavy (non-hydrogen) atoms. The number of nitrogens with two attached hydrogens (primary N) is 1. The van der Waals surface area contributed by atoms with Crippen molar-refractivity contribution in [2.45, 2.75) is 23.8 Å². The second-order valence-electron chi connectivity index (χ2n) is 4.91. The van der Waals surface area contributed by atoms with E-state index in [0.29, 0.717) is 6.54 Å². The van der Waals surface area contributed by atoms with E-state index in [-0.39, 0.29) is 16.6 Å². The van der Waals surface area contributed by atoms with Gasteiger partial charge in [-0.1, -0.05) is 0 Å². The molecule has 1 aliphatic rings. The summed E-state index contributed by atoms with van der Waals surface area (Å²) < 4.78 is 40.2. The first-order valence-electron chi connectivity index (χ1n) is 6.14. The van der Waals surface area contributed by atoms with Gasteiger partial charge in [0.25, 0.3) is 0 Å². The maximum Gasteiger partial charge on any atom is 0.240 e. The van der Waals surface area contributed by atoms with Gasteiger partial charge in [-0.3, -0.25) is 0 Å². The number of halogens is 1. The van der Waals surface area contributed by atoms with Crippen LogP contribution in [0.4, 0.5) is 10.1 Å². The molecule has 0 amide bonds. The van der Waals surface area contributed by atoms with Gasteiger partial charge in [0.05, 0.1) is 10.6 Å². The predicted octanol–water partition coefficient (Wildman–Crippen LogP) is 0.780. The van der Waals surface area contributed by atoms with Gasteiger partial charge in [0.2, 0.25) is 10.0 Å². The lowest BCUT2D eigenvalue weighted by molar-refractivity contribution is 0.242. The Labute approximate surface area is 112 Å². The fourth-order valence-electron chi connectivity index (χ4n) is 2.23. The summed E-state index contributed by atoms with van der Waals surface area (Å²) >= 11 is 0. The van der Waals surface area contributed by atoms with Crippen LogP contribution in [0.15, 0.2) is 23.1 Å². The molecule has 0 aliphatic carbocycles. The quantitative estimate of drug-likeness (QED) is 0.806. The smallest absolute Gasteiger partial charge is 0.240 e. The third-order valence-electron chi connectivity index (χ3n) is 3.23. The number of hydrogen-bond donors (Lipinski definition) is 2. The molecule has 5 nitrogen and oxygen atoms in total. The van der Waals surface area contributed by atoms with Gasteiger partial charge in [-0.05, 0) is 44.6 Å². The van der Waals surface area contributed by atoms with E-state index < -0.39 is 15.8 Å². The number of nitrogens with zero attached hydrogens (tertiary/aromatic N) is 1. The summed E-state index contributed by atoms with van der Waals surface area (Å²) in [6.07, 6.45) is 1.74. The van der Waals surface area contributed by atoms with Gasteiger partial charge in [0.1, 0.15) is 5.82 Å². The van der Waals surface area contributed by atoms with Crippen molar-refractivity contribution in [3.8, 4) is 0 Å². The van der Waals surface area contributed by atoms with Crippen LogP contribution in [-0.2, 0) is 10.0 Å². The predicted molar refractivity (Wildman–Crippen MR) is 71.7 cm³/mol. The van der Waals surface area contributed by atoms with Crippen LogP contribution in [0.2, 0.25) is 0 Å². The molecule has 1 aromatic carbocycles. The van der Waals surface area contributed by atoms with Crippen molar-refractivity contribution in [1.82, 2.24) is 9.62 Å². The Kier molecular flexibility index (Phi) is 4.07. The van der Waals surface area contributed by atoms with Gasteiger partial charge in [-0.15, -0.1) is 0 Å². The van der Waals surface area contributed by atoms with Gasteiger partial charge in [0.15, 0.2) is 0 Å². The normalized spacial score (nSPS) is 21.5. The molecule has 1 heterocycles. The molecule has 0 bridgehead atoms. The van der Waals surface area contributed by atoms with Crippen LogP contribution < -0.4 is 10.5 Å². The Bertz CT molecular complexity index is 562. The minimum Gasteiger partial charge on any atom is -0.396 e. The summed E-state index contributed by atoms with van der Waals surface area (Å²) in [5.74, 6) is -0.719. The molecular formula is C12H18FN3O2S. The number of nitrogen functional groups attached to an aromatic ring is 1. The minimum absolute atomic E-state index is 0.0589. The zero-order valence-electron chi connectivity index (χ0n) is 10.8. The molecule has 0 aromatic heterocycles. The van der Waals surface area contributed by atoms with Crippen molar-refractivity contribution in [1.29, 1.82) is 0 Å². The van der Waals surface area contributed by atoms with E-state index >= 15 is 0 Å². The van der Waals surface area contributed by atoms with Gasteiger partial charge < -0.3 is 10.6 Å². The van der Waals surface area contributed by atoms with Crippen molar-refractivity contribution >= 4 is 15.7 Å². The zero-order valence-corrected chi connectivity index (χ0v) is 11.6. The van der Waals surface area contributed by atoms with Gasteiger partial charge in [-0.25, -0.2) is 17.5 Å². The van der Waals surface area contributed by atoms with Crippen molar-refractivity contribution in [2.24, 2.45) is 0 Å². The number of likely N-dealkylation sites (tertiary alicyclic amines) is 1. The molecule has 1 fully saturated rings. The molecular weight excluding hydrogens is 269 g/mol. The van der Waals surface area contributed by atoms with E-state index in [1.54, 1.807) is 0 Å². The molecule has 0 radical (unpaired) electrons. The third-order valence-corrected chi connectivity index (χ3v) is 4.75. The van der Waals surface area contributed by atoms with E-state index in [9.17, 15) is 12.8 Å². The lowest BCUT2D eigenvalue weighted by Gasteiger charge is -2.29. The summed E-state index contributed by atoms with van der Waals surface area (Å²) in [5.41, 5.74) is 5.28. The van der Waals surface area contributed by atoms with Gasteiger partial charge in [0, 0.05) is 12.6 Å². The number of likely N-dealkylation sites (N-methyl/N-ethyl adjacent to an activating group) is 1. The first-order valence-corrected chi connectivity index (χ1v) is 7.63. The number of benzene rings is 1. The number of sulfonamides is 1. The van der Waals surface area contributed by atoms with Gasteiger partial charge in [-0.2, -0.15) is 0 Å². The number of rotatable bonds is 3. The molecule has 0 spiro atoms. The van der Waals surface area contributed by atoms with E-state index in [4.69, 9.17) is 5.73 Å². The highest BCUT2D eigenvalue weighted by molar-refractivity contribution is 7.89. The molecule has 7 heteroatoms. The molecule has 1 saturated heterocycles. The topological polar surface area (TPSA) is 75.4 Å². The Hall–Kier alpha value is -1.18. The minimum atomic E-state index is -3.69. The van der Waals surface area contributed by atoms with Crippen molar-refractivity contribution in [2.75, 3.05) is 25.9 Å². The summed E-state index contributed by atoms with van der Waals surface area (Å²) in [5, 5.41) is 0. The van der Waals surface area contributed by atoms with E-state index in [0.717, 1.165) is 25.5 Å². The SMILES string of the molecule is CN1CCCC(NS(=O)(=O)c2ccc(N)c(F)c2)C1.